The second-order valence-electron chi connectivity index (χ2n) is 5.11. The molecule has 0 N–H and O–H groups in total. The molecule has 1 aromatic carbocycles. The number of benzene rings is 1. The zero-order valence-electron chi connectivity index (χ0n) is 11.5. The van der Waals surface area contributed by atoms with Crippen molar-refractivity contribution in [3.05, 3.63) is 29.8 Å². The van der Waals surface area contributed by atoms with Gasteiger partial charge in [-0.25, -0.2) is 8.42 Å². The summed E-state index contributed by atoms with van der Waals surface area (Å²) in [5, 5.41) is 0. The second-order valence-corrected chi connectivity index (χ2v) is 7.39. The first kappa shape index (κ1) is 16.0. The zero-order chi connectivity index (χ0) is 14.8. The van der Waals surface area contributed by atoms with Crippen LogP contribution >= 0.6 is 11.6 Å². The van der Waals surface area contributed by atoms with E-state index in [1.165, 1.54) is 17.0 Å². The Morgan fingerprint density at radius 2 is 1.95 bits per heavy atom. The summed E-state index contributed by atoms with van der Waals surface area (Å²) < 4.78 is 23.0. The molecule has 1 rings (SSSR count). The van der Waals surface area contributed by atoms with Crippen molar-refractivity contribution in [2.24, 2.45) is 0 Å². The molecule has 0 bridgehead atoms. The van der Waals surface area contributed by atoms with E-state index in [0.717, 1.165) is 6.26 Å². The van der Waals surface area contributed by atoms with Crippen LogP contribution in [-0.4, -0.2) is 43.9 Å². The maximum absolute atomic E-state index is 12.3. The minimum absolute atomic E-state index is 0.135. The van der Waals surface area contributed by atoms with Crippen molar-refractivity contribution in [1.82, 2.24) is 4.90 Å². The van der Waals surface area contributed by atoms with Crippen molar-refractivity contribution in [3.8, 4) is 0 Å². The Hall–Kier alpha value is -1.07. The lowest BCUT2D eigenvalue weighted by atomic mass is 10.0. The van der Waals surface area contributed by atoms with Crippen LogP contribution in [0.4, 0.5) is 0 Å². The van der Waals surface area contributed by atoms with Crippen molar-refractivity contribution in [2.45, 2.75) is 24.3 Å². The fourth-order valence-electron chi connectivity index (χ4n) is 1.42. The Balaban J connectivity index is 3.15. The molecule has 0 aliphatic carbocycles. The first-order valence-corrected chi connectivity index (χ1v) is 8.16. The third-order valence-corrected chi connectivity index (χ3v) is 4.81. The molecule has 0 spiro atoms. The van der Waals surface area contributed by atoms with E-state index in [2.05, 4.69) is 0 Å². The SMILES string of the molecule is CN(C(=O)c1cccc(S(C)(=O)=O)c1)C(C)(C)CCl. The first-order valence-electron chi connectivity index (χ1n) is 5.74. The second kappa shape index (κ2) is 5.51. The van der Waals surface area contributed by atoms with E-state index in [4.69, 9.17) is 11.6 Å². The fraction of sp³-hybridized carbons (Fsp3) is 0.462. The van der Waals surface area contributed by atoms with Gasteiger partial charge in [-0.05, 0) is 32.0 Å². The summed E-state index contributed by atoms with van der Waals surface area (Å²) in [4.78, 5) is 14.0. The lowest BCUT2D eigenvalue weighted by Crippen LogP contribution is -2.46. The molecular formula is C13H18ClNO3S. The Labute approximate surface area is 119 Å². The quantitative estimate of drug-likeness (QED) is 0.801. The highest BCUT2D eigenvalue weighted by molar-refractivity contribution is 7.90. The summed E-state index contributed by atoms with van der Waals surface area (Å²) in [6.45, 7) is 3.69. The number of alkyl halides is 1. The lowest BCUT2D eigenvalue weighted by molar-refractivity contribution is 0.0660. The number of carbonyl (C=O) groups is 1. The number of halogens is 1. The fourth-order valence-corrected chi connectivity index (χ4v) is 2.26. The van der Waals surface area contributed by atoms with Crippen LogP contribution in [0.25, 0.3) is 0 Å². The first-order chi connectivity index (χ1) is 8.59. The molecule has 1 aromatic rings. The minimum atomic E-state index is -3.32. The lowest BCUT2D eigenvalue weighted by Gasteiger charge is -2.34. The van der Waals surface area contributed by atoms with Crippen LogP contribution in [0.2, 0.25) is 0 Å². The van der Waals surface area contributed by atoms with Crippen LogP contribution in [0.5, 0.6) is 0 Å². The normalized spacial score (nSPS) is 12.3. The molecule has 0 saturated carbocycles. The number of rotatable bonds is 4. The zero-order valence-corrected chi connectivity index (χ0v) is 13.0. The van der Waals surface area contributed by atoms with Crippen molar-refractivity contribution in [2.75, 3.05) is 19.2 Å². The maximum Gasteiger partial charge on any atom is 0.254 e. The predicted octanol–water partition coefficient (Wildman–Crippen LogP) is 2.18. The van der Waals surface area contributed by atoms with Gasteiger partial charge in [0.15, 0.2) is 9.84 Å². The van der Waals surface area contributed by atoms with Gasteiger partial charge in [0.05, 0.1) is 10.4 Å². The molecule has 0 saturated heterocycles. The van der Waals surface area contributed by atoms with E-state index in [1.54, 1.807) is 19.2 Å². The van der Waals surface area contributed by atoms with Crippen molar-refractivity contribution in [1.29, 1.82) is 0 Å². The predicted molar refractivity (Wildman–Crippen MR) is 76.4 cm³/mol. The summed E-state index contributed by atoms with van der Waals surface area (Å²) in [7, 11) is -1.67. The van der Waals surface area contributed by atoms with Gasteiger partial charge in [0.1, 0.15) is 0 Å². The molecule has 0 aliphatic rings. The van der Waals surface area contributed by atoms with Crippen molar-refractivity contribution < 1.29 is 13.2 Å². The van der Waals surface area contributed by atoms with Crippen LogP contribution in [0.3, 0.4) is 0 Å². The van der Waals surface area contributed by atoms with Gasteiger partial charge in [0.2, 0.25) is 0 Å². The summed E-state index contributed by atoms with van der Waals surface area (Å²) in [6.07, 6.45) is 1.11. The van der Waals surface area contributed by atoms with E-state index in [0.29, 0.717) is 11.4 Å². The molecule has 0 atom stereocenters. The molecule has 0 heterocycles. The Bertz CT molecular complexity index is 581. The van der Waals surface area contributed by atoms with Crippen LogP contribution in [0.15, 0.2) is 29.2 Å². The highest BCUT2D eigenvalue weighted by atomic mass is 35.5. The van der Waals surface area contributed by atoms with Gasteiger partial charge in [0, 0.05) is 24.7 Å². The van der Waals surface area contributed by atoms with Gasteiger partial charge in [-0.3, -0.25) is 4.79 Å². The van der Waals surface area contributed by atoms with E-state index >= 15 is 0 Å². The van der Waals surface area contributed by atoms with Gasteiger partial charge < -0.3 is 4.90 Å². The molecule has 0 aromatic heterocycles. The van der Waals surface area contributed by atoms with Crippen molar-refractivity contribution in [3.63, 3.8) is 0 Å². The summed E-state index contributed by atoms with van der Waals surface area (Å²) >= 11 is 5.83. The molecule has 19 heavy (non-hydrogen) atoms. The molecule has 0 fully saturated rings. The number of sulfone groups is 1. The highest BCUT2D eigenvalue weighted by Crippen LogP contribution is 2.19. The molecular weight excluding hydrogens is 286 g/mol. The molecule has 0 aliphatic heterocycles. The number of nitrogens with zero attached hydrogens (tertiary/aromatic N) is 1. The smallest absolute Gasteiger partial charge is 0.254 e. The minimum Gasteiger partial charge on any atom is -0.335 e. The van der Waals surface area contributed by atoms with Crippen LogP contribution < -0.4 is 0 Å². The van der Waals surface area contributed by atoms with Gasteiger partial charge in [-0.1, -0.05) is 6.07 Å². The summed E-state index contributed by atoms with van der Waals surface area (Å²) in [5.41, 5.74) is -0.164. The maximum atomic E-state index is 12.3. The topological polar surface area (TPSA) is 54.5 Å². The number of hydrogen-bond donors (Lipinski definition) is 0. The monoisotopic (exact) mass is 303 g/mol. The third kappa shape index (κ3) is 3.70. The molecule has 0 radical (unpaired) electrons. The number of amides is 1. The van der Waals surface area contributed by atoms with Gasteiger partial charge in [0.25, 0.3) is 5.91 Å². The highest BCUT2D eigenvalue weighted by Gasteiger charge is 2.27. The third-order valence-electron chi connectivity index (χ3n) is 3.05. The van der Waals surface area contributed by atoms with Gasteiger partial charge in [-0.15, -0.1) is 11.6 Å². The molecule has 106 valence electrons. The number of hydrogen-bond acceptors (Lipinski definition) is 3. The number of carbonyl (C=O) groups excluding carboxylic acids is 1. The van der Waals surface area contributed by atoms with E-state index in [-0.39, 0.29) is 10.8 Å². The van der Waals surface area contributed by atoms with Crippen molar-refractivity contribution >= 4 is 27.3 Å². The van der Waals surface area contributed by atoms with E-state index in [9.17, 15) is 13.2 Å². The molecule has 0 unspecified atom stereocenters. The Kier molecular flexibility index (Phi) is 4.63. The largest absolute Gasteiger partial charge is 0.335 e. The van der Waals surface area contributed by atoms with Crippen LogP contribution in [-0.2, 0) is 9.84 Å². The molecule has 4 nitrogen and oxygen atoms in total. The van der Waals surface area contributed by atoms with Gasteiger partial charge >= 0.3 is 0 Å². The Morgan fingerprint density at radius 1 is 1.37 bits per heavy atom. The Morgan fingerprint density at radius 3 is 2.42 bits per heavy atom. The average molecular weight is 304 g/mol. The van der Waals surface area contributed by atoms with E-state index < -0.39 is 15.4 Å². The van der Waals surface area contributed by atoms with E-state index in [1.807, 2.05) is 13.8 Å². The standard InChI is InChI=1S/C13H18ClNO3S/c1-13(2,9-14)15(3)12(16)10-6-5-7-11(8-10)19(4,17)18/h5-8H,9H2,1-4H3. The average Bonchev–Trinajstić information content (AvgIpc) is 2.36. The van der Waals surface area contributed by atoms with Gasteiger partial charge in [-0.2, -0.15) is 0 Å². The van der Waals surface area contributed by atoms with Crippen LogP contribution in [0.1, 0.15) is 24.2 Å². The summed E-state index contributed by atoms with van der Waals surface area (Å²) in [6, 6.07) is 6.01. The van der Waals surface area contributed by atoms with Crippen LogP contribution in [0, 0.1) is 0 Å². The molecule has 1 amide bonds. The summed E-state index contributed by atoms with van der Waals surface area (Å²) in [5.74, 6) is 0.0391. The molecule has 6 heteroatoms.